The lowest BCUT2D eigenvalue weighted by Gasteiger charge is -2.17. The molecule has 4 heteroatoms. The molecule has 1 aromatic rings. The fraction of sp³-hybridized carbons (Fsp3) is 0.600. The second-order valence-corrected chi connectivity index (χ2v) is 3.75. The highest BCUT2D eigenvalue weighted by Gasteiger charge is 2.04. The Labute approximate surface area is 90.1 Å². The summed E-state index contributed by atoms with van der Waals surface area (Å²) in [6.07, 6.45) is 2.35. The zero-order valence-corrected chi connectivity index (χ0v) is 9.67. The largest absolute Gasteiger partial charge is 0.360 e. The predicted octanol–water partition coefficient (Wildman–Crippen LogP) is 2.67. The summed E-state index contributed by atoms with van der Waals surface area (Å²) in [5.41, 5.74) is 0.906. The molecule has 0 bridgehead atoms. The lowest BCUT2D eigenvalue weighted by Crippen LogP contribution is -2.19. The monoisotopic (exact) mass is 213 g/mol. The number of hydrogen-bond acceptors (Lipinski definition) is 3. The van der Waals surface area contributed by atoms with Gasteiger partial charge in [-0.2, -0.15) is 0 Å². The molecule has 0 radical (unpaired) electrons. The van der Waals surface area contributed by atoms with Crippen LogP contribution in [0.4, 0.5) is 5.82 Å². The minimum Gasteiger partial charge on any atom is -0.360 e. The second-order valence-electron chi connectivity index (χ2n) is 3.41. The fourth-order valence-corrected chi connectivity index (χ4v) is 1.44. The summed E-state index contributed by atoms with van der Waals surface area (Å²) in [4.78, 5) is 10.3. The number of rotatable bonds is 4. The number of nitrogens with zero attached hydrogens (tertiary/aromatic N) is 3. The molecule has 0 aromatic carbocycles. The lowest BCUT2D eigenvalue weighted by atomic mass is 10.3. The van der Waals surface area contributed by atoms with Crippen LogP contribution < -0.4 is 4.90 Å². The van der Waals surface area contributed by atoms with E-state index in [1.165, 1.54) is 6.42 Å². The van der Waals surface area contributed by atoms with E-state index in [0.29, 0.717) is 5.28 Å². The quantitative estimate of drug-likeness (QED) is 0.721. The Hall–Kier alpha value is -0.830. The smallest absolute Gasteiger partial charge is 0.224 e. The van der Waals surface area contributed by atoms with Crippen LogP contribution in [0.2, 0.25) is 5.28 Å². The molecule has 0 aliphatic carbocycles. The molecule has 78 valence electrons. The van der Waals surface area contributed by atoms with Gasteiger partial charge in [0.25, 0.3) is 0 Å². The highest BCUT2D eigenvalue weighted by atomic mass is 35.5. The molecular formula is C10H16ClN3. The van der Waals surface area contributed by atoms with E-state index in [0.717, 1.165) is 24.5 Å². The van der Waals surface area contributed by atoms with Crippen LogP contribution >= 0.6 is 11.6 Å². The zero-order chi connectivity index (χ0) is 10.6. The second kappa shape index (κ2) is 5.15. The molecule has 0 fully saturated rings. The predicted molar refractivity (Wildman–Crippen MR) is 60.0 cm³/mol. The molecular weight excluding hydrogens is 198 g/mol. The van der Waals surface area contributed by atoms with Crippen molar-refractivity contribution in [2.45, 2.75) is 26.7 Å². The molecule has 14 heavy (non-hydrogen) atoms. The van der Waals surface area contributed by atoms with Gasteiger partial charge in [-0.05, 0) is 24.9 Å². The van der Waals surface area contributed by atoms with Crippen LogP contribution in [-0.4, -0.2) is 23.6 Å². The molecule has 0 unspecified atom stereocenters. The maximum atomic E-state index is 5.78. The van der Waals surface area contributed by atoms with Crippen LogP contribution in [0.3, 0.4) is 0 Å². The van der Waals surface area contributed by atoms with Gasteiger partial charge < -0.3 is 4.90 Å². The van der Waals surface area contributed by atoms with Gasteiger partial charge in [0.2, 0.25) is 5.28 Å². The van der Waals surface area contributed by atoms with Crippen molar-refractivity contribution in [2.24, 2.45) is 0 Å². The van der Waals surface area contributed by atoms with Crippen LogP contribution in [0, 0.1) is 6.92 Å². The third kappa shape index (κ3) is 3.14. The third-order valence-corrected chi connectivity index (χ3v) is 2.22. The molecule has 0 aliphatic rings. The van der Waals surface area contributed by atoms with Crippen molar-refractivity contribution in [3.05, 3.63) is 17.0 Å². The molecule has 0 saturated carbocycles. The van der Waals surface area contributed by atoms with Crippen molar-refractivity contribution in [1.82, 2.24) is 9.97 Å². The number of aryl methyl sites for hydroxylation is 1. The Morgan fingerprint density at radius 1 is 1.43 bits per heavy atom. The van der Waals surface area contributed by atoms with E-state index in [1.54, 1.807) is 0 Å². The van der Waals surface area contributed by atoms with Gasteiger partial charge in [-0.15, -0.1) is 0 Å². The first-order valence-electron chi connectivity index (χ1n) is 4.85. The SMILES string of the molecule is CCCCN(C)c1cc(C)nc(Cl)n1. The van der Waals surface area contributed by atoms with Crippen molar-refractivity contribution in [1.29, 1.82) is 0 Å². The zero-order valence-electron chi connectivity index (χ0n) is 8.92. The maximum Gasteiger partial charge on any atom is 0.224 e. The van der Waals surface area contributed by atoms with Crippen molar-refractivity contribution in [3.8, 4) is 0 Å². The molecule has 0 aliphatic heterocycles. The van der Waals surface area contributed by atoms with Crippen LogP contribution in [0.15, 0.2) is 6.07 Å². The normalized spacial score (nSPS) is 10.3. The molecule has 0 amide bonds. The van der Waals surface area contributed by atoms with Crippen LogP contribution in [0.1, 0.15) is 25.5 Å². The third-order valence-electron chi connectivity index (χ3n) is 2.05. The molecule has 0 N–H and O–H groups in total. The van der Waals surface area contributed by atoms with E-state index in [2.05, 4.69) is 21.8 Å². The number of aromatic nitrogens is 2. The molecule has 0 spiro atoms. The van der Waals surface area contributed by atoms with Crippen molar-refractivity contribution in [3.63, 3.8) is 0 Å². The van der Waals surface area contributed by atoms with Gasteiger partial charge in [-0.25, -0.2) is 9.97 Å². The van der Waals surface area contributed by atoms with E-state index >= 15 is 0 Å². The highest BCUT2D eigenvalue weighted by Crippen LogP contribution is 2.13. The Morgan fingerprint density at radius 2 is 2.14 bits per heavy atom. The lowest BCUT2D eigenvalue weighted by molar-refractivity contribution is 0.757. The molecule has 0 saturated heterocycles. The molecule has 1 aromatic heterocycles. The number of hydrogen-bond donors (Lipinski definition) is 0. The van der Waals surface area contributed by atoms with Gasteiger partial charge in [-0.3, -0.25) is 0 Å². The van der Waals surface area contributed by atoms with Gasteiger partial charge in [0, 0.05) is 25.4 Å². The van der Waals surface area contributed by atoms with Gasteiger partial charge in [0.1, 0.15) is 5.82 Å². The Kier molecular flexibility index (Phi) is 4.14. The fourth-order valence-electron chi connectivity index (χ4n) is 1.22. The minimum atomic E-state index is 0.323. The van der Waals surface area contributed by atoms with E-state index in [9.17, 15) is 0 Å². The maximum absolute atomic E-state index is 5.78. The Balaban J connectivity index is 2.73. The van der Waals surface area contributed by atoms with E-state index < -0.39 is 0 Å². The number of halogens is 1. The average molecular weight is 214 g/mol. The van der Waals surface area contributed by atoms with Crippen molar-refractivity contribution < 1.29 is 0 Å². The summed E-state index contributed by atoms with van der Waals surface area (Å²) in [5.74, 6) is 0.899. The van der Waals surface area contributed by atoms with Crippen LogP contribution in [0.25, 0.3) is 0 Å². The minimum absolute atomic E-state index is 0.323. The van der Waals surface area contributed by atoms with Gasteiger partial charge in [-0.1, -0.05) is 13.3 Å². The molecule has 0 atom stereocenters. The molecule has 1 heterocycles. The summed E-state index contributed by atoms with van der Waals surface area (Å²) in [6.45, 7) is 5.10. The summed E-state index contributed by atoms with van der Waals surface area (Å²) in [7, 11) is 2.02. The van der Waals surface area contributed by atoms with Gasteiger partial charge >= 0.3 is 0 Å². The Bertz CT molecular complexity index is 281. The average Bonchev–Trinajstić information content (AvgIpc) is 2.12. The number of anilines is 1. The van der Waals surface area contributed by atoms with Crippen molar-refractivity contribution >= 4 is 17.4 Å². The first-order chi connectivity index (χ1) is 6.63. The Morgan fingerprint density at radius 3 is 2.71 bits per heavy atom. The van der Waals surface area contributed by atoms with Crippen LogP contribution in [-0.2, 0) is 0 Å². The van der Waals surface area contributed by atoms with E-state index in [-0.39, 0.29) is 0 Å². The van der Waals surface area contributed by atoms with Gasteiger partial charge in [0.15, 0.2) is 0 Å². The van der Waals surface area contributed by atoms with E-state index in [4.69, 9.17) is 11.6 Å². The summed E-state index contributed by atoms with van der Waals surface area (Å²) < 4.78 is 0. The summed E-state index contributed by atoms with van der Waals surface area (Å²) in [5, 5.41) is 0.323. The topological polar surface area (TPSA) is 29.0 Å². The summed E-state index contributed by atoms with van der Waals surface area (Å²) >= 11 is 5.78. The van der Waals surface area contributed by atoms with Crippen LogP contribution in [0.5, 0.6) is 0 Å². The highest BCUT2D eigenvalue weighted by molar-refractivity contribution is 6.28. The molecule has 3 nitrogen and oxygen atoms in total. The van der Waals surface area contributed by atoms with Crippen molar-refractivity contribution in [2.75, 3.05) is 18.5 Å². The summed E-state index contributed by atoms with van der Waals surface area (Å²) in [6, 6.07) is 1.95. The molecule has 1 rings (SSSR count). The first kappa shape index (κ1) is 11.2. The standard InChI is InChI=1S/C10H16ClN3/c1-4-5-6-14(3)9-7-8(2)12-10(11)13-9/h7H,4-6H2,1-3H3. The van der Waals surface area contributed by atoms with E-state index in [1.807, 2.05) is 20.0 Å². The first-order valence-corrected chi connectivity index (χ1v) is 5.23. The number of unbranched alkanes of at least 4 members (excludes halogenated alkanes) is 1. The van der Waals surface area contributed by atoms with Gasteiger partial charge in [0.05, 0.1) is 0 Å².